The Morgan fingerprint density at radius 3 is 2.60 bits per heavy atom. The number of ether oxygens (including phenoxy) is 2. The van der Waals surface area contributed by atoms with E-state index in [2.05, 4.69) is 20.4 Å². The van der Waals surface area contributed by atoms with Crippen molar-refractivity contribution in [1.29, 1.82) is 0 Å². The standard InChI is InChI=1S/C34H31F3N6O5/c1-3-27-30(21-6-9-24(10-7-21)48-19-26-28(44)5-4-14-38-26)32(46)43-33(40-31(41-43)22-12-15-47-16-13-22)42(27)18-29(45)39-25-11-8-23(17-20(25)2)34(35,36)37/h4-12,14,17,44H,3,13,15-16,18-19H2,1-2H3,(H,39,45). The maximum atomic E-state index is 14.1. The summed E-state index contributed by atoms with van der Waals surface area (Å²) in [5.74, 6) is 0.447. The molecule has 0 fully saturated rings. The van der Waals surface area contributed by atoms with E-state index in [4.69, 9.17) is 9.47 Å². The summed E-state index contributed by atoms with van der Waals surface area (Å²) in [5.41, 5.74) is 1.76. The summed E-state index contributed by atoms with van der Waals surface area (Å²) in [6.45, 7) is 3.91. The fourth-order valence-corrected chi connectivity index (χ4v) is 5.51. The third kappa shape index (κ3) is 6.65. The minimum absolute atomic E-state index is 0.0109. The van der Waals surface area contributed by atoms with E-state index in [0.29, 0.717) is 60.1 Å². The molecule has 0 aliphatic carbocycles. The van der Waals surface area contributed by atoms with E-state index in [9.17, 15) is 27.9 Å². The van der Waals surface area contributed by atoms with Crippen molar-refractivity contribution in [2.24, 2.45) is 0 Å². The van der Waals surface area contributed by atoms with E-state index in [1.54, 1.807) is 41.1 Å². The van der Waals surface area contributed by atoms with E-state index >= 15 is 0 Å². The van der Waals surface area contributed by atoms with Crippen molar-refractivity contribution in [2.45, 2.75) is 46.0 Å². The Balaban J connectivity index is 1.38. The Morgan fingerprint density at radius 1 is 1.15 bits per heavy atom. The summed E-state index contributed by atoms with van der Waals surface area (Å²) in [7, 11) is 0. The van der Waals surface area contributed by atoms with Crippen LogP contribution in [-0.2, 0) is 35.3 Å². The van der Waals surface area contributed by atoms with Gasteiger partial charge in [-0.15, -0.1) is 5.10 Å². The van der Waals surface area contributed by atoms with Crippen molar-refractivity contribution in [3.05, 3.63) is 106 Å². The van der Waals surface area contributed by atoms with E-state index in [1.807, 2.05) is 13.0 Å². The first-order valence-electron chi connectivity index (χ1n) is 15.2. The average Bonchev–Trinajstić information content (AvgIpc) is 3.53. The zero-order valence-corrected chi connectivity index (χ0v) is 26.0. The number of nitrogens with one attached hydrogen (secondary N) is 1. The summed E-state index contributed by atoms with van der Waals surface area (Å²) < 4.78 is 53.6. The van der Waals surface area contributed by atoms with Crippen LogP contribution in [0.4, 0.5) is 18.9 Å². The van der Waals surface area contributed by atoms with E-state index in [0.717, 1.165) is 17.7 Å². The van der Waals surface area contributed by atoms with Gasteiger partial charge < -0.3 is 24.5 Å². The van der Waals surface area contributed by atoms with E-state index < -0.39 is 23.2 Å². The van der Waals surface area contributed by atoms with Crippen LogP contribution >= 0.6 is 0 Å². The van der Waals surface area contributed by atoms with Crippen molar-refractivity contribution in [1.82, 2.24) is 24.1 Å². The van der Waals surface area contributed by atoms with Crippen LogP contribution in [0.2, 0.25) is 0 Å². The molecule has 48 heavy (non-hydrogen) atoms. The van der Waals surface area contributed by atoms with Gasteiger partial charge in [-0.1, -0.05) is 25.1 Å². The van der Waals surface area contributed by atoms with Gasteiger partial charge in [0.15, 0.2) is 5.82 Å². The van der Waals surface area contributed by atoms with Crippen molar-refractivity contribution < 1.29 is 32.5 Å². The number of carbonyl (C=O) groups excluding carboxylic acids is 1. The van der Waals surface area contributed by atoms with Crippen LogP contribution in [0.5, 0.6) is 11.5 Å². The number of halogens is 3. The lowest BCUT2D eigenvalue weighted by atomic mass is 10.0. The highest BCUT2D eigenvalue weighted by Gasteiger charge is 2.31. The van der Waals surface area contributed by atoms with Crippen LogP contribution in [0.1, 0.15) is 41.7 Å². The number of aromatic nitrogens is 5. The molecular formula is C34H31F3N6O5. The summed E-state index contributed by atoms with van der Waals surface area (Å²) in [6, 6.07) is 13.0. The predicted octanol–water partition coefficient (Wildman–Crippen LogP) is 5.57. The molecule has 11 nitrogen and oxygen atoms in total. The molecule has 5 aromatic rings. The molecule has 0 radical (unpaired) electrons. The lowest BCUT2D eigenvalue weighted by Crippen LogP contribution is -2.29. The fourth-order valence-electron chi connectivity index (χ4n) is 5.51. The number of fused-ring (bicyclic) bond motifs is 1. The second kappa shape index (κ2) is 13.3. The molecule has 1 aliphatic rings. The van der Waals surface area contributed by atoms with Crippen molar-refractivity contribution >= 4 is 22.9 Å². The number of hydrogen-bond acceptors (Lipinski definition) is 8. The largest absolute Gasteiger partial charge is 0.506 e. The van der Waals surface area contributed by atoms with Crippen LogP contribution in [0, 0.1) is 6.92 Å². The van der Waals surface area contributed by atoms with E-state index in [1.165, 1.54) is 23.6 Å². The highest BCUT2D eigenvalue weighted by atomic mass is 19.4. The number of rotatable bonds is 9. The second-order valence-corrected chi connectivity index (χ2v) is 11.1. The Bertz CT molecular complexity index is 2090. The Hall–Kier alpha value is -5.50. The zero-order chi connectivity index (χ0) is 34.0. The van der Waals surface area contributed by atoms with Gasteiger partial charge in [-0.2, -0.15) is 22.7 Å². The zero-order valence-electron chi connectivity index (χ0n) is 26.0. The fraction of sp³-hybridized carbons (Fsp3) is 0.265. The number of carbonyl (C=O) groups is 1. The minimum Gasteiger partial charge on any atom is -0.506 e. The molecule has 0 bridgehead atoms. The number of aryl methyl sites for hydroxylation is 1. The third-order valence-corrected chi connectivity index (χ3v) is 7.95. The number of pyridine rings is 1. The molecular weight excluding hydrogens is 629 g/mol. The molecule has 2 N–H and O–H groups in total. The molecule has 248 valence electrons. The number of hydrogen-bond donors (Lipinski definition) is 2. The van der Waals surface area contributed by atoms with Crippen LogP contribution in [-0.4, -0.2) is 48.4 Å². The van der Waals surface area contributed by atoms with E-state index in [-0.39, 0.29) is 35.9 Å². The Morgan fingerprint density at radius 2 is 1.94 bits per heavy atom. The van der Waals surface area contributed by atoms with Gasteiger partial charge in [-0.25, -0.2) is 0 Å². The summed E-state index contributed by atoms with van der Waals surface area (Å²) in [6.07, 6.45) is -0.237. The first-order valence-corrected chi connectivity index (χ1v) is 15.2. The maximum Gasteiger partial charge on any atom is 0.416 e. The van der Waals surface area contributed by atoms with Crippen LogP contribution in [0.3, 0.4) is 0 Å². The topological polar surface area (TPSA) is 133 Å². The third-order valence-electron chi connectivity index (χ3n) is 7.95. The van der Waals surface area contributed by atoms with Gasteiger partial charge in [0.25, 0.3) is 5.56 Å². The molecule has 0 spiro atoms. The number of benzene rings is 2. The van der Waals surface area contributed by atoms with Crippen molar-refractivity contribution in [3.8, 4) is 22.6 Å². The summed E-state index contributed by atoms with van der Waals surface area (Å²) >= 11 is 0. The lowest BCUT2D eigenvalue weighted by molar-refractivity contribution is -0.137. The predicted molar refractivity (Wildman–Crippen MR) is 171 cm³/mol. The quantitative estimate of drug-likeness (QED) is 0.210. The van der Waals surface area contributed by atoms with Crippen LogP contribution < -0.4 is 15.6 Å². The Labute approximate surface area is 272 Å². The molecule has 3 aromatic heterocycles. The van der Waals surface area contributed by atoms with Gasteiger partial charge in [-0.05, 0) is 78.9 Å². The molecule has 0 saturated heterocycles. The first-order chi connectivity index (χ1) is 23.0. The summed E-state index contributed by atoms with van der Waals surface area (Å²) in [5, 5.41) is 17.2. The normalized spacial score (nSPS) is 13.4. The molecule has 6 rings (SSSR count). The number of aromatic hydroxyl groups is 1. The van der Waals surface area contributed by atoms with Gasteiger partial charge in [0.2, 0.25) is 11.7 Å². The Kier molecular flexibility index (Phi) is 9.00. The smallest absolute Gasteiger partial charge is 0.416 e. The second-order valence-electron chi connectivity index (χ2n) is 11.1. The van der Waals surface area contributed by atoms with Gasteiger partial charge in [0.05, 0.1) is 24.3 Å². The molecule has 0 unspecified atom stereocenters. The van der Waals surface area contributed by atoms with Crippen LogP contribution in [0.15, 0.2) is 71.7 Å². The number of alkyl halides is 3. The SMILES string of the molecule is CCc1c(-c2ccc(OCc3ncccc3O)cc2)c(=O)n2nc(C3=CCOCC3)nc2n1CC(=O)Nc1ccc(C(F)(F)F)cc1C. The summed E-state index contributed by atoms with van der Waals surface area (Å²) in [4.78, 5) is 36.3. The molecule has 2 aromatic carbocycles. The van der Waals surface area contributed by atoms with Gasteiger partial charge in [0, 0.05) is 17.6 Å². The van der Waals surface area contributed by atoms with Gasteiger partial charge in [-0.3, -0.25) is 14.6 Å². The van der Waals surface area contributed by atoms with Gasteiger partial charge in [0.1, 0.15) is 30.3 Å². The highest BCUT2D eigenvalue weighted by Crippen LogP contribution is 2.32. The number of amides is 1. The molecule has 0 saturated carbocycles. The van der Waals surface area contributed by atoms with Crippen LogP contribution in [0.25, 0.3) is 22.5 Å². The first kappa shape index (κ1) is 32.4. The van der Waals surface area contributed by atoms with Gasteiger partial charge >= 0.3 is 6.18 Å². The maximum absolute atomic E-state index is 14.1. The molecule has 4 heterocycles. The molecule has 1 amide bonds. The van der Waals surface area contributed by atoms with Crippen molar-refractivity contribution in [2.75, 3.05) is 18.5 Å². The average molecular weight is 661 g/mol. The highest BCUT2D eigenvalue weighted by molar-refractivity contribution is 5.92. The van der Waals surface area contributed by atoms with Crippen molar-refractivity contribution in [3.63, 3.8) is 0 Å². The monoisotopic (exact) mass is 660 g/mol. The number of nitrogens with zero attached hydrogens (tertiary/aromatic N) is 5. The minimum atomic E-state index is -4.51. The number of anilines is 1. The molecule has 14 heteroatoms. The molecule has 1 aliphatic heterocycles. The lowest BCUT2D eigenvalue weighted by Gasteiger charge is -2.18. The molecule has 0 atom stereocenters.